The van der Waals surface area contributed by atoms with Gasteiger partial charge >= 0.3 is 0 Å². The van der Waals surface area contributed by atoms with Crippen molar-refractivity contribution in [2.45, 2.75) is 6.92 Å². The van der Waals surface area contributed by atoms with Gasteiger partial charge < -0.3 is 14.8 Å². The number of hydrogen-bond donors (Lipinski definition) is 2. The molecule has 0 saturated carbocycles. The number of amides is 1. The highest BCUT2D eigenvalue weighted by molar-refractivity contribution is 6.31. The Hall–Kier alpha value is -2.44. The van der Waals surface area contributed by atoms with Crippen LogP contribution in [0.5, 0.6) is 0 Å². The number of aryl methyl sites for hydroxylation is 1. The molecule has 3 rings (SSSR count). The molecule has 1 amide bonds. The molecule has 2 aromatic heterocycles. The second-order valence-corrected chi connectivity index (χ2v) is 5.46. The van der Waals surface area contributed by atoms with Crippen LogP contribution in [0.3, 0.4) is 0 Å². The van der Waals surface area contributed by atoms with E-state index in [0.717, 1.165) is 0 Å². The summed E-state index contributed by atoms with van der Waals surface area (Å²) in [6.45, 7) is 1.61. The second-order valence-electron chi connectivity index (χ2n) is 5.03. The van der Waals surface area contributed by atoms with Crippen LogP contribution >= 0.6 is 11.6 Å². The molecule has 0 fully saturated rings. The summed E-state index contributed by atoms with van der Waals surface area (Å²) in [5.41, 5.74) is 0.953. The standard InChI is InChI=1S/C16H13ClN2O4/c1-8-10(15(22)18-4-5-20)7-12-14(21)11-6-9(17)2-3-13(11)23-16(12)19-8/h2-3,6-7,20H,4-5H2,1H3,(H,18,22). The highest BCUT2D eigenvalue weighted by Crippen LogP contribution is 2.22. The summed E-state index contributed by atoms with van der Waals surface area (Å²) in [4.78, 5) is 28.9. The Bertz CT molecular complexity index is 981. The molecule has 0 atom stereocenters. The van der Waals surface area contributed by atoms with Crippen LogP contribution in [-0.4, -0.2) is 29.1 Å². The number of halogens is 1. The lowest BCUT2D eigenvalue weighted by atomic mass is 10.1. The van der Waals surface area contributed by atoms with Gasteiger partial charge in [-0.3, -0.25) is 9.59 Å². The summed E-state index contributed by atoms with van der Waals surface area (Å²) >= 11 is 5.92. The van der Waals surface area contributed by atoms with Crippen LogP contribution in [0.2, 0.25) is 5.02 Å². The molecule has 0 aliphatic rings. The molecular formula is C16H13ClN2O4. The molecule has 0 radical (unpaired) electrons. The van der Waals surface area contributed by atoms with Crippen LogP contribution in [0, 0.1) is 6.92 Å². The number of carbonyl (C=O) groups is 1. The lowest BCUT2D eigenvalue weighted by Gasteiger charge is -2.08. The Balaban J connectivity index is 2.25. The van der Waals surface area contributed by atoms with Gasteiger partial charge in [0.2, 0.25) is 11.1 Å². The average Bonchev–Trinajstić information content (AvgIpc) is 2.53. The minimum Gasteiger partial charge on any atom is -0.437 e. The van der Waals surface area contributed by atoms with Crippen molar-refractivity contribution in [3.8, 4) is 0 Å². The summed E-state index contributed by atoms with van der Waals surface area (Å²) in [5, 5.41) is 12.3. The number of aliphatic hydroxyl groups is 1. The zero-order chi connectivity index (χ0) is 16.6. The molecule has 2 heterocycles. The maximum absolute atomic E-state index is 12.6. The van der Waals surface area contributed by atoms with Crippen LogP contribution in [0.25, 0.3) is 22.1 Å². The predicted octanol–water partition coefficient (Wildman–Crippen LogP) is 2.03. The summed E-state index contributed by atoms with van der Waals surface area (Å²) in [6.07, 6.45) is 0. The molecule has 3 aromatic rings. The zero-order valence-corrected chi connectivity index (χ0v) is 13.0. The lowest BCUT2D eigenvalue weighted by Crippen LogP contribution is -2.27. The Morgan fingerprint density at radius 1 is 1.35 bits per heavy atom. The fourth-order valence-corrected chi connectivity index (χ4v) is 2.51. The first kappa shape index (κ1) is 15.5. The highest BCUT2D eigenvalue weighted by atomic mass is 35.5. The Kier molecular flexibility index (Phi) is 4.02. The van der Waals surface area contributed by atoms with E-state index in [9.17, 15) is 9.59 Å². The van der Waals surface area contributed by atoms with Crippen LogP contribution in [-0.2, 0) is 0 Å². The van der Waals surface area contributed by atoms with Gasteiger partial charge in [0.05, 0.1) is 28.6 Å². The normalized spacial score (nSPS) is 11.1. The van der Waals surface area contributed by atoms with Crippen LogP contribution in [0.15, 0.2) is 33.5 Å². The molecule has 2 N–H and O–H groups in total. The number of nitrogens with one attached hydrogen (secondary N) is 1. The summed E-state index contributed by atoms with van der Waals surface area (Å²) in [5.74, 6) is -0.406. The van der Waals surface area contributed by atoms with E-state index in [4.69, 9.17) is 21.1 Å². The number of nitrogens with zero attached hydrogens (tertiary/aromatic N) is 1. The van der Waals surface area contributed by atoms with E-state index in [1.54, 1.807) is 19.1 Å². The monoisotopic (exact) mass is 332 g/mol. The molecule has 7 heteroatoms. The topological polar surface area (TPSA) is 92.4 Å². The maximum atomic E-state index is 12.6. The predicted molar refractivity (Wildman–Crippen MR) is 87.0 cm³/mol. The Morgan fingerprint density at radius 2 is 2.13 bits per heavy atom. The third-order valence-electron chi connectivity index (χ3n) is 3.46. The number of benzene rings is 1. The number of fused-ring (bicyclic) bond motifs is 2. The zero-order valence-electron chi connectivity index (χ0n) is 12.2. The number of hydrogen-bond acceptors (Lipinski definition) is 5. The van der Waals surface area contributed by atoms with Gasteiger partial charge in [-0.1, -0.05) is 11.6 Å². The van der Waals surface area contributed by atoms with Crippen LogP contribution in [0.1, 0.15) is 16.1 Å². The molecule has 0 aliphatic carbocycles. The van der Waals surface area contributed by atoms with Crippen LogP contribution in [0.4, 0.5) is 0 Å². The molecule has 0 saturated heterocycles. The molecule has 0 bridgehead atoms. The molecule has 1 aromatic carbocycles. The fraction of sp³-hybridized carbons (Fsp3) is 0.188. The van der Waals surface area contributed by atoms with Gasteiger partial charge in [-0.2, -0.15) is 0 Å². The third-order valence-corrected chi connectivity index (χ3v) is 3.69. The van der Waals surface area contributed by atoms with E-state index in [1.165, 1.54) is 12.1 Å². The van der Waals surface area contributed by atoms with Gasteiger partial charge in [-0.05, 0) is 31.2 Å². The molecule has 0 spiro atoms. The summed E-state index contributed by atoms with van der Waals surface area (Å²) in [7, 11) is 0. The van der Waals surface area contributed by atoms with Crippen molar-refractivity contribution in [3.05, 3.63) is 50.8 Å². The fourth-order valence-electron chi connectivity index (χ4n) is 2.34. The van der Waals surface area contributed by atoms with Crippen molar-refractivity contribution in [2.24, 2.45) is 0 Å². The molecule has 0 unspecified atom stereocenters. The van der Waals surface area contributed by atoms with Gasteiger partial charge in [0, 0.05) is 11.6 Å². The smallest absolute Gasteiger partial charge is 0.253 e. The van der Waals surface area contributed by atoms with Gasteiger partial charge in [0.1, 0.15) is 5.58 Å². The Morgan fingerprint density at radius 3 is 2.87 bits per heavy atom. The van der Waals surface area contributed by atoms with Crippen molar-refractivity contribution in [2.75, 3.05) is 13.2 Å². The van der Waals surface area contributed by atoms with Gasteiger partial charge in [-0.25, -0.2) is 4.98 Å². The number of carbonyl (C=O) groups excluding carboxylic acids is 1. The molecule has 6 nitrogen and oxygen atoms in total. The molecule has 118 valence electrons. The van der Waals surface area contributed by atoms with Crippen molar-refractivity contribution >= 4 is 39.6 Å². The second kappa shape index (κ2) is 5.98. The van der Waals surface area contributed by atoms with E-state index in [1.807, 2.05) is 0 Å². The van der Waals surface area contributed by atoms with Crippen molar-refractivity contribution < 1.29 is 14.3 Å². The number of aromatic nitrogens is 1. The quantitative estimate of drug-likeness (QED) is 0.716. The van der Waals surface area contributed by atoms with Gasteiger partial charge in [0.15, 0.2) is 0 Å². The maximum Gasteiger partial charge on any atom is 0.253 e. The first-order valence-corrected chi connectivity index (χ1v) is 7.32. The number of aliphatic hydroxyl groups excluding tert-OH is 1. The van der Waals surface area contributed by atoms with E-state index >= 15 is 0 Å². The van der Waals surface area contributed by atoms with E-state index in [0.29, 0.717) is 21.7 Å². The summed E-state index contributed by atoms with van der Waals surface area (Å²) in [6, 6.07) is 6.21. The van der Waals surface area contributed by atoms with E-state index < -0.39 is 5.91 Å². The first-order chi connectivity index (χ1) is 11.0. The van der Waals surface area contributed by atoms with Crippen LogP contribution < -0.4 is 10.7 Å². The molecule has 0 aliphatic heterocycles. The molecule has 23 heavy (non-hydrogen) atoms. The van der Waals surface area contributed by atoms with E-state index in [-0.39, 0.29) is 35.2 Å². The highest BCUT2D eigenvalue weighted by Gasteiger charge is 2.16. The number of rotatable bonds is 3. The van der Waals surface area contributed by atoms with Gasteiger partial charge in [-0.15, -0.1) is 0 Å². The number of pyridine rings is 1. The average molecular weight is 333 g/mol. The van der Waals surface area contributed by atoms with Gasteiger partial charge in [0.25, 0.3) is 5.91 Å². The minimum absolute atomic E-state index is 0.123. The van der Waals surface area contributed by atoms with Crippen molar-refractivity contribution in [3.63, 3.8) is 0 Å². The first-order valence-electron chi connectivity index (χ1n) is 6.94. The largest absolute Gasteiger partial charge is 0.437 e. The van der Waals surface area contributed by atoms with Crippen molar-refractivity contribution in [1.29, 1.82) is 0 Å². The minimum atomic E-state index is -0.406. The SMILES string of the molecule is Cc1nc2oc3ccc(Cl)cc3c(=O)c2cc1C(=O)NCCO. The van der Waals surface area contributed by atoms with Crippen molar-refractivity contribution in [1.82, 2.24) is 10.3 Å². The molecular weight excluding hydrogens is 320 g/mol. The van der Waals surface area contributed by atoms with E-state index in [2.05, 4.69) is 10.3 Å². The Labute approximate surface area is 135 Å². The third kappa shape index (κ3) is 2.78. The lowest BCUT2D eigenvalue weighted by molar-refractivity contribution is 0.0944. The summed E-state index contributed by atoms with van der Waals surface area (Å²) < 4.78 is 5.64.